The van der Waals surface area contributed by atoms with Gasteiger partial charge in [0.2, 0.25) is 5.91 Å². The Morgan fingerprint density at radius 2 is 1.82 bits per heavy atom. The zero-order valence-corrected chi connectivity index (χ0v) is 16.6. The highest BCUT2D eigenvalue weighted by Crippen LogP contribution is 2.41. The number of hydrogen-bond acceptors (Lipinski definition) is 4. The lowest BCUT2D eigenvalue weighted by Crippen LogP contribution is -2.35. The predicted molar refractivity (Wildman–Crippen MR) is 114 cm³/mol. The van der Waals surface area contributed by atoms with E-state index in [0.717, 1.165) is 10.3 Å². The molecule has 1 N–H and O–H groups in total. The molecule has 1 aliphatic heterocycles. The van der Waals surface area contributed by atoms with Crippen molar-refractivity contribution in [1.82, 2.24) is 0 Å². The maximum atomic E-state index is 13.0. The number of nitrogens with one attached hydrogen (secondary N) is 1. The maximum Gasteiger partial charge on any atom is 0.265 e. The van der Waals surface area contributed by atoms with E-state index in [4.69, 9.17) is 0 Å². The monoisotopic (exact) mass is 410 g/mol. The van der Waals surface area contributed by atoms with Crippen LogP contribution >= 0.6 is 11.8 Å². The molecule has 3 aromatic rings. The Morgan fingerprint density at radius 1 is 1.07 bits per heavy atom. The lowest BCUT2D eigenvalue weighted by molar-refractivity contribution is -0.114. The predicted octanol–water partition coefficient (Wildman–Crippen LogP) is 4.27. The molecule has 3 aromatic carbocycles. The van der Waals surface area contributed by atoms with Crippen molar-refractivity contribution >= 4 is 49.8 Å². The average molecular weight is 411 g/mol. The summed E-state index contributed by atoms with van der Waals surface area (Å²) in [5.74, 6) is 0.324. The smallest absolute Gasteiger partial charge is 0.265 e. The molecule has 5 nitrogen and oxygen atoms in total. The van der Waals surface area contributed by atoms with E-state index in [1.807, 2.05) is 30.3 Å². The van der Waals surface area contributed by atoms with Gasteiger partial charge in [-0.1, -0.05) is 42.5 Å². The fourth-order valence-electron chi connectivity index (χ4n) is 3.29. The fraction of sp³-hybridized carbons (Fsp3) is 0.0952. The van der Waals surface area contributed by atoms with Crippen molar-refractivity contribution in [2.24, 2.45) is 0 Å². The summed E-state index contributed by atoms with van der Waals surface area (Å²) < 4.78 is 27.2. The summed E-state index contributed by atoms with van der Waals surface area (Å²) in [5, 5.41) is 4.35. The zero-order valence-electron chi connectivity index (χ0n) is 15.0. The molecule has 0 aliphatic carbocycles. The molecule has 0 spiro atoms. The third-order valence-electron chi connectivity index (χ3n) is 4.49. The first kappa shape index (κ1) is 18.6. The van der Waals surface area contributed by atoms with Crippen LogP contribution in [0.15, 0.2) is 83.1 Å². The summed E-state index contributed by atoms with van der Waals surface area (Å²) >= 11 is 1.55. The SMILES string of the molecule is C=CCSc1ccccc1NC(=O)CN1c2cccc3cccc(c23)S1(=O)=O. The summed E-state index contributed by atoms with van der Waals surface area (Å²) in [6.07, 6.45) is 1.79. The summed E-state index contributed by atoms with van der Waals surface area (Å²) in [7, 11) is -3.76. The largest absolute Gasteiger partial charge is 0.323 e. The highest BCUT2D eigenvalue weighted by Gasteiger charge is 2.36. The first-order valence-corrected chi connectivity index (χ1v) is 11.1. The number of anilines is 2. The van der Waals surface area contributed by atoms with Crippen LogP contribution in [0.5, 0.6) is 0 Å². The van der Waals surface area contributed by atoms with Crippen molar-refractivity contribution in [3.8, 4) is 0 Å². The molecule has 0 aromatic heterocycles. The van der Waals surface area contributed by atoms with E-state index in [1.165, 1.54) is 4.31 Å². The number of para-hydroxylation sites is 1. The van der Waals surface area contributed by atoms with E-state index in [2.05, 4.69) is 11.9 Å². The number of carbonyl (C=O) groups excluding carboxylic acids is 1. The van der Waals surface area contributed by atoms with Gasteiger partial charge in [-0.05, 0) is 29.7 Å². The molecule has 0 unspecified atom stereocenters. The average Bonchev–Trinajstić information content (AvgIpc) is 2.91. The van der Waals surface area contributed by atoms with Crippen molar-refractivity contribution in [3.63, 3.8) is 0 Å². The number of benzene rings is 3. The second-order valence-electron chi connectivity index (χ2n) is 6.29. The van der Waals surface area contributed by atoms with Gasteiger partial charge < -0.3 is 5.32 Å². The number of rotatable bonds is 6. The van der Waals surface area contributed by atoms with Crippen LogP contribution in [0.2, 0.25) is 0 Å². The minimum atomic E-state index is -3.76. The Hall–Kier alpha value is -2.77. The Bertz CT molecular complexity index is 1180. The van der Waals surface area contributed by atoms with Gasteiger partial charge in [0.05, 0.1) is 16.3 Å². The second kappa shape index (κ2) is 7.33. The number of sulfonamides is 1. The lowest BCUT2D eigenvalue weighted by Gasteiger charge is -2.19. The van der Waals surface area contributed by atoms with E-state index in [1.54, 1.807) is 48.2 Å². The van der Waals surface area contributed by atoms with Gasteiger partial charge in [-0.15, -0.1) is 18.3 Å². The van der Waals surface area contributed by atoms with Crippen LogP contribution in [0.25, 0.3) is 10.8 Å². The van der Waals surface area contributed by atoms with Gasteiger partial charge in [0.25, 0.3) is 10.0 Å². The third kappa shape index (κ3) is 3.16. The summed E-state index contributed by atoms with van der Waals surface area (Å²) in [6.45, 7) is 3.43. The van der Waals surface area contributed by atoms with Gasteiger partial charge in [0.15, 0.2) is 0 Å². The Morgan fingerprint density at radius 3 is 2.61 bits per heavy atom. The quantitative estimate of drug-likeness (QED) is 0.487. The Balaban J connectivity index is 1.62. The van der Waals surface area contributed by atoms with Crippen LogP contribution in [0, 0.1) is 0 Å². The van der Waals surface area contributed by atoms with E-state index in [-0.39, 0.29) is 17.3 Å². The zero-order chi connectivity index (χ0) is 19.7. The van der Waals surface area contributed by atoms with E-state index in [9.17, 15) is 13.2 Å². The minimum Gasteiger partial charge on any atom is -0.323 e. The molecule has 142 valence electrons. The number of hydrogen-bond donors (Lipinski definition) is 1. The Kier molecular flexibility index (Phi) is 4.87. The summed E-state index contributed by atoms with van der Waals surface area (Å²) in [4.78, 5) is 13.9. The highest BCUT2D eigenvalue weighted by molar-refractivity contribution is 7.99. The molecule has 0 saturated heterocycles. The van der Waals surface area contributed by atoms with E-state index >= 15 is 0 Å². The van der Waals surface area contributed by atoms with Crippen LogP contribution in [-0.2, 0) is 14.8 Å². The number of thioether (sulfide) groups is 1. The van der Waals surface area contributed by atoms with Gasteiger partial charge >= 0.3 is 0 Å². The maximum absolute atomic E-state index is 13.0. The third-order valence-corrected chi connectivity index (χ3v) is 7.36. The van der Waals surface area contributed by atoms with Gasteiger partial charge in [0.1, 0.15) is 6.54 Å². The summed E-state index contributed by atoms with van der Waals surface area (Å²) in [5.41, 5.74) is 1.20. The highest BCUT2D eigenvalue weighted by atomic mass is 32.2. The standard InChI is InChI=1S/C21H18N2O3S2/c1-2-13-27-18-11-4-3-9-16(18)22-20(24)14-23-17-10-5-7-15-8-6-12-19(21(15)17)28(23,25)26/h2-12H,1,13-14H2,(H,22,24). The molecule has 0 bridgehead atoms. The molecule has 0 fully saturated rings. The molecular formula is C21H18N2O3S2. The molecule has 1 amide bonds. The topological polar surface area (TPSA) is 66.5 Å². The summed E-state index contributed by atoms with van der Waals surface area (Å²) in [6, 6.07) is 18.0. The van der Waals surface area contributed by atoms with Crippen molar-refractivity contribution in [1.29, 1.82) is 0 Å². The number of nitrogens with zero attached hydrogens (tertiary/aromatic N) is 1. The van der Waals surface area contributed by atoms with Crippen LogP contribution in [0.3, 0.4) is 0 Å². The van der Waals surface area contributed by atoms with Gasteiger partial charge in [-0.2, -0.15) is 0 Å². The minimum absolute atomic E-state index is 0.246. The molecular weight excluding hydrogens is 392 g/mol. The van der Waals surface area contributed by atoms with Crippen molar-refractivity contribution in [2.45, 2.75) is 9.79 Å². The molecule has 28 heavy (non-hydrogen) atoms. The van der Waals surface area contributed by atoms with Crippen molar-refractivity contribution < 1.29 is 13.2 Å². The van der Waals surface area contributed by atoms with Gasteiger partial charge in [-0.3, -0.25) is 9.10 Å². The number of carbonyl (C=O) groups is 1. The lowest BCUT2D eigenvalue weighted by atomic mass is 10.1. The molecule has 1 aliphatic rings. The van der Waals surface area contributed by atoms with Gasteiger partial charge in [-0.25, -0.2) is 8.42 Å². The van der Waals surface area contributed by atoms with E-state index < -0.39 is 10.0 Å². The van der Waals surface area contributed by atoms with Crippen molar-refractivity contribution in [2.75, 3.05) is 21.9 Å². The molecule has 0 atom stereocenters. The van der Waals surface area contributed by atoms with Gasteiger partial charge in [0, 0.05) is 16.0 Å². The molecule has 0 saturated carbocycles. The van der Waals surface area contributed by atoms with Crippen LogP contribution < -0.4 is 9.62 Å². The first-order valence-electron chi connectivity index (χ1n) is 8.69. The van der Waals surface area contributed by atoms with Crippen molar-refractivity contribution in [3.05, 3.63) is 73.3 Å². The Labute approximate surface area is 168 Å². The van der Waals surface area contributed by atoms with Crippen LogP contribution in [-0.4, -0.2) is 26.6 Å². The fourth-order valence-corrected chi connectivity index (χ4v) is 5.71. The number of amides is 1. The second-order valence-corrected chi connectivity index (χ2v) is 9.18. The molecule has 1 heterocycles. The normalized spacial score (nSPS) is 14.2. The molecule has 7 heteroatoms. The van der Waals surface area contributed by atoms with E-state index in [0.29, 0.717) is 22.5 Å². The molecule has 0 radical (unpaired) electrons. The van der Waals surface area contributed by atoms with Crippen LogP contribution in [0.4, 0.5) is 11.4 Å². The van der Waals surface area contributed by atoms with Crippen LogP contribution in [0.1, 0.15) is 0 Å². The molecule has 4 rings (SSSR count). The first-order chi connectivity index (χ1) is 13.5.